The van der Waals surface area contributed by atoms with Crippen LogP contribution in [0, 0.1) is 6.92 Å². The van der Waals surface area contributed by atoms with Gasteiger partial charge < -0.3 is 15.0 Å². The standard InChI is InChI=1S/C23H23N3O2/c1-16-9-10-22(28-2)20(12-16)25-19-13-18(14-24-15-19)23(27)26-11-5-7-17-6-3-4-8-21(17)26/h3-4,6,8-10,12-15,25H,5,7,11H2,1-2H3. The summed E-state index contributed by atoms with van der Waals surface area (Å²) in [5, 5.41) is 3.32. The highest BCUT2D eigenvalue weighted by Crippen LogP contribution is 2.30. The van der Waals surface area contributed by atoms with Crippen LogP contribution in [0.15, 0.2) is 60.9 Å². The van der Waals surface area contributed by atoms with E-state index in [4.69, 9.17) is 4.74 Å². The lowest BCUT2D eigenvalue weighted by atomic mass is 10.0. The van der Waals surface area contributed by atoms with Crippen LogP contribution in [0.25, 0.3) is 0 Å². The Morgan fingerprint density at radius 3 is 2.86 bits per heavy atom. The molecule has 0 fully saturated rings. The maximum atomic E-state index is 13.2. The van der Waals surface area contributed by atoms with Crippen molar-refractivity contribution in [2.75, 3.05) is 23.9 Å². The minimum absolute atomic E-state index is 0.0282. The van der Waals surface area contributed by atoms with Gasteiger partial charge in [0.1, 0.15) is 5.75 Å². The Bertz CT molecular complexity index is 1020. The Morgan fingerprint density at radius 2 is 2.00 bits per heavy atom. The molecule has 5 nitrogen and oxygen atoms in total. The summed E-state index contributed by atoms with van der Waals surface area (Å²) < 4.78 is 5.43. The molecule has 1 aliphatic heterocycles. The largest absolute Gasteiger partial charge is 0.495 e. The van der Waals surface area contributed by atoms with E-state index in [1.54, 1.807) is 19.5 Å². The third-order valence-electron chi connectivity index (χ3n) is 4.97. The molecule has 28 heavy (non-hydrogen) atoms. The van der Waals surface area contributed by atoms with Crippen LogP contribution in [0.4, 0.5) is 17.1 Å². The van der Waals surface area contributed by atoms with Crippen molar-refractivity contribution in [3.05, 3.63) is 77.6 Å². The number of hydrogen-bond acceptors (Lipinski definition) is 4. The molecular weight excluding hydrogens is 350 g/mol. The van der Waals surface area contributed by atoms with Crippen LogP contribution in [0.1, 0.15) is 27.9 Å². The number of nitrogens with one attached hydrogen (secondary N) is 1. The number of methoxy groups -OCH3 is 1. The van der Waals surface area contributed by atoms with Gasteiger partial charge in [-0.15, -0.1) is 0 Å². The van der Waals surface area contributed by atoms with Gasteiger partial charge >= 0.3 is 0 Å². The van der Waals surface area contributed by atoms with E-state index < -0.39 is 0 Å². The summed E-state index contributed by atoms with van der Waals surface area (Å²) >= 11 is 0. The lowest BCUT2D eigenvalue weighted by Crippen LogP contribution is -2.35. The third-order valence-corrected chi connectivity index (χ3v) is 4.97. The average molecular weight is 373 g/mol. The summed E-state index contributed by atoms with van der Waals surface area (Å²) in [7, 11) is 1.64. The molecule has 5 heteroatoms. The lowest BCUT2D eigenvalue weighted by Gasteiger charge is -2.29. The normalized spacial score (nSPS) is 13.0. The van der Waals surface area contributed by atoms with E-state index in [0.29, 0.717) is 5.56 Å². The second-order valence-corrected chi connectivity index (χ2v) is 6.98. The second kappa shape index (κ2) is 7.72. The zero-order chi connectivity index (χ0) is 19.5. The fraction of sp³-hybridized carbons (Fsp3) is 0.217. The first-order chi connectivity index (χ1) is 13.7. The van der Waals surface area contributed by atoms with Gasteiger partial charge in [-0.25, -0.2) is 0 Å². The average Bonchev–Trinajstić information content (AvgIpc) is 2.73. The molecule has 2 aromatic carbocycles. The van der Waals surface area contributed by atoms with E-state index in [1.165, 1.54) is 5.56 Å². The first-order valence-corrected chi connectivity index (χ1v) is 9.42. The number of carbonyl (C=O) groups is 1. The number of aryl methyl sites for hydroxylation is 2. The van der Waals surface area contributed by atoms with E-state index in [1.807, 2.05) is 54.3 Å². The minimum Gasteiger partial charge on any atom is -0.495 e. The zero-order valence-corrected chi connectivity index (χ0v) is 16.1. The van der Waals surface area contributed by atoms with Crippen molar-refractivity contribution in [2.24, 2.45) is 0 Å². The summed E-state index contributed by atoms with van der Waals surface area (Å²) in [5.41, 5.74) is 5.49. The number of pyridine rings is 1. The molecular formula is C23H23N3O2. The van der Waals surface area contributed by atoms with Gasteiger partial charge in [-0.3, -0.25) is 9.78 Å². The van der Waals surface area contributed by atoms with Crippen LogP contribution < -0.4 is 15.0 Å². The first-order valence-electron chi connectivity index (χ1n) is 9.42. The van der Waals surface area contributed by atoms with Crippen molar-refractivity contribution >= 4 is 23.0 Å². The Morgan fingerprint density at radius 1 is 1.14 bits per heavy atom. The van der Waals surface area contributed by atoms with Crippen molar-refractivity contribution in [3.8, 4) is 5.75 Å². The van der Waals surface area contributed by atoms with E-state index in [-0.39, 0.29) is 5.91 Å². The van der Waals surface area contributed by atoms with Crippen molar-refractivity contribution in [1.29, 1.82) is 0 Å². The number of benzene rings is 2. The van der Waals surface area contributed by atoms with Gasteiger partial charge in [0.15, 0.2) is 0 Å². The van der Waals surface area contributed by atoms with Crippen LogP contribution in [-0.4, -0.2) is 24.5 Å². The van der Waals surface area contributed by atoms with E-state index >= 15 is 0 Å². The summed E-state index contributed by atoms with van der Waals surface area (Å²) in [6.07, 6.45) is 5.31. The van der Waals surface area contributed by atoms with Gasteiger partial charge in [-0.2, -0.15) is 0 Å². The Kier molecular flexibility index (Phi) is 4.98. The monoisotopic (exact) mass is 373 g/mol. The van der Waals surface area contributed by atoms with Gasteiger partial charge in [-0.1, -0.05) is 24.3 Å². The van der Waals surface area contributed by atoms with Crippen LogP contribution in [0.2, 0.25) is 0 Å². The molecule has 0 saturated heterocycles. The molecule has 0 unspecified atom stereocenters. The topological polar surface area (TPSA) is 54.5 Å². The van der Waals surface area contributed by atoms with Crippen molar-refractivity contribution in [2.45, 2.75) is 19.8 Å². The number of rotatable bonds is 4. The van der Waals surface area contributed by atoms with Crippen molar-refractivity contribution < 1.29 is 9.53 Å². The molecule has 0 bridgehead atoms. The van der Waals surface area contributed by atoms with Gasteiger partial charge in [-0.05, 0) is 55.2 Å². The molecule has 0 spiro atoms. The summed E-state index contributed by atoms with van der Waals surface area (Å²) in [6.45, 7) is 2.75. The zero-order valence-electron chi connectivity index (χ0n) is 16.1. The summed E-state index contributed by atoms with van der Waals surface area (Å²) in [4.78, 5) is 19.3. The number of ether oxygens (including phenoxy) is 1. The van der Waals surface area contributed by atoms with Crippen molar-refractivity contribution in [1.82, 2.24) is 4.98 Å². The molecule has 2 heterocycles. The number of hydrogen-bond donors (Lipinski definition) is 1. The Balaban J connectivity index is 1.61. The molecule has 1 N–H and O–H groups in total. The highest BCUT2D eigenvalue weighted by Gasteiger charge is 2.23. The SMILES string of the molecule is COc1ccc(C)cc1Nc1cncc(C(=O)N2CCCc3ccccc32)c1. The molecule has 1 aromatic heterocycles. The minimum atomic E-state index is -0.0282. The predicted octanol–water partition coefficient (Wildman–Crippen LogP) is 4.74. The van der Waals surface area contributed by atoms with E-state index in [0.717, 1.165) is 47.8 Å². The van der Waals surface area contributed by atoms with Crippen LogP contribution in [0.5, 0.6) is 5.75 Å². The number of anilines is 3. The molecule has 0 aliphatic carbocycles. The number of amides is 1. The molecule has 0 radical (unpaired) electrons. The Hall–Kier alpha value is -3.34. The highest BCUT2D eigenvalue weighted by atomic mass is 16.5. The van der Waals surface area contributed by atoms with Gasteiger partial charge in [0.05, 0.1) is 30.2 Å². The van der Waals surface area contributed by atoms with Crippen LogP contribution in [-0.2, 0) is 6.42 Å². The van der Waals surface area contributed by atoms with Gasteiger partial charge in [0.25, 0.3) is 5.91 Å². The summed E-state index contributed by atoms with van der Waals surface area (Å²) in [5.74, 6) is 0.715. The van der Waals surface area contributed by atoms with Gasteiger partial charge in [0, 0.05) is 18.4 Å². The number of para-hydroxylation sites is 1. The maximum Gasteiger partial charge on any atom is 0.259 e. The first kappa shape index (κ1) is 18.0. The molecule has 142 valence electrons. The fourth-order valence-electron chi connectivity index (χ4n) is 3.60. The second-order valence-electron chi connectivity index (χ2n) is 6.98. The predicted molar refractivity (Wildman–Crippen MR) is 112 cm³/mol. The molecule has 1 amide bonds. The molecule has 3 aromatic rings. The molecule has 0 saturated carbocycles. The van der Waals surface area contributed by atoms with Crippen molar-refractivity contribution in [3.63, 3.8) is 0 Å². The van der Waals surface area contributed by atoms with E-state index in [9.17, 15) is 4.79 Å². The maximum absolute atomic E-state index is 13.2. The fourth-order valence-corrected chi connectivity index (χ4v) is 3.60. The van der Waals surface area contributed by atoms with Crippen LogP contribution >= 0.6 is 0 Å². The number of fused-ring (bicyclic) bond motifs is 1. The Labute approximate surface area is 165 Å². The molecule has 0 atom stereocenters. The molecule has 4 rings (SSSR count). The highest BCUT2D eigenvalue weighted by molar-refractivity contribution is 6.07. The quantitative estimate of drug-likeness (QED) is 0.718. The summed E-state index contributed by atoms with van der Waals surface area (Å²) in [6, 6.07) is 15.9. The van der Waals surface area contributed by atoms with E-state index in [2.05, 4.69) is 16.4 Å². The third kappa shape index (κ3) is 3.56. The molecule has 1 aliphatic rings. The smallest absolute Gasteiger partial charge is 0.259 e. The number of carbonyl (C=O) groups excluding carboxylic acids is 1. The number of nitrogens with zero attached hydrogens (tertiary/aromatic N) is 2. The lowest BCUT2D eigenvalue weighted by molar-refractivity contribution is 0.0985. The van der Waals surface area contributed by atoms with Gasteiger partial charge in [0.2, 0.25) is 0 Å². The van der Waals surface area contributed by atoms with Crippen LogP contribution in [0.3, 0.4) is 0 Å². The number of aromatic nitrogens is 1.